The number of hydrogen-bond donors (Lipinski definition) is 1. The predicted octanol–water partition coefficient (Wildman–Crippen LogP) is 1.43. The lowest BCUT2D eigenvalue weighted by molar-refractivity contribution is -0.141. The van der Waals surface area contributed by atoms with Crippen molar-refractivity contribution in [1.82, 2.24) is 4.90 Å². The number of hydrogen-bond acceptors (Lipinski definition) is 4. The molecule has 0 saturated carbocycles. The predicted molar refractivity (Wildman–Crippen MR) is 76.3 cm³/mol. The van der Waals surface area contributed by atoms with Gasteiger partial charge in [0.2, 0.25) is 0 Å². The summed E-state index contributed by atoms with van der Waals surface area (Å²) in [6.45, 7) is 0.315. The Morgan fingerprint density at radius 2 is 2.05 bits per heavy atom. The largest absolute Gasteiger partial charge is 0.480 e. The molecular formula is C13H14ClNO5S. The Labute approximate surface area is 127 Å². The molecule has 1 aromatic rings. The van der Waals surface area contributed by atoms with Gasteiger partial charge in [0.05, 0.1) is 15.5 Å². The molecule has 6 nitrogen and oxygen atoms in total. The average Bonchev–Trinajstić information content (AvgIpc) is 2.86. The smallest absolute Gasteiger partial charge is 0.326 e. The van der Waals surface area contributed by atoms with Crippen LogP contribution in [-0.4, -0.2) is 49.1 Å². The van der Waals surface area contributed by atoms with E-state index in [0.29, 0.717) is 19.4 Å². The summed E-state index contributed by atoms with van der Waals surface area (Å²) < 4.78 is 23.1. The Kier molecular flexibility index (Phi) is 4.25. The van der Waals surface area contributed by atoms with Crippen LogP contribution in [0.4, 0.5) is 0 Å². The molecule has 2 rings (SSSR count). The standard InChI is InChI=1S/C13H14ClNO5S/c1-21(19,20)8-4-5-10(14)9(7-8)12(16)15-6-2-3-11(15)13(17)18/h4-5,7,11H,2-3,6H2,1H3,(H,17,18)/t11-/m1/s1. The fourth-order valence-corrected chi connectivity index (χ4v) is 3.17. The molecule has 1 atom stereocenters. The molecule has 0 aromatic heterocycles. The van der Waals surface area contributed by atoms with E-state index in [1.165, 1.54) is 23.1 Å². The molecule has 1 heterocycles. The van der Waals surface area contributed by atoms with Crippen molar-refractivity contribution < 1.29 is 23.1 Å². The summed E-state index contributed by atoms with van der Waals surface area (Å²) in [7, 11) is -3.47. The van der Waals surface area contributed by atoms with E-state index in [4.69, 9.17) is 16.7 Å². The van der Waals surface area contributed by atoms with Crippen molar-refractivity contribution in [3.05, 3.63) is 28.8 Å². The van der Waals surface area contributed by atoms with Crippen LogP contribution in [0, 0.1) is 0 Å². The fourth-order valence-electron chi connectivity index (χ4n) is 2.32. The maximum absolute atomic E-state index is 12.4. The minimum atomic E-state index is -3.47. The summed E-state index contributed by atoms with van der Waals surface area (Å²) in [6.07, 6.45) is 2.00. The quantitative estimate of drug-likeness (QED) is 0.904. The topological polar surface area (TPSA) is 91.8 Å². The molecule has 0 bridgehead atoms. The Hall–Kier alpha value is -1.60. The van der Waals surface area contributed by atoms with Gasteiger partial charge in [0, 0.05) is 12.8 Å². The number of halogens is 1. The second-order valence-electron chi connectivity index (χ2n) is 4.91. The zero-order chi connectivity index (χ0) is 15.8. The number of carboxylic acid groups (broad SMARTS) is 1. The van der Waals surface area contributed by atoms with Gasteiger partial charge < -0.3 is 10.0 Å². The molecule has 0 aliphatic carbocycles. The Morgan fingerprint density at radius 1 is 1.38 bits per heavy atom. The molecule has 1 aliphatic rings. The van der Waals surface area contributed by atoms with E-state index in [1.807, 2.05) is 0 Å². The SMILES string of the molecule is CS(=O)(=O)c1ccc(Cl)c(C(=O)N2CCC[C@@H]2C(=O)O)c1. The van der Waals surface area contributed by atoms with Crippen LogP contribution in [0.2, 0.25) is 5.02 Å². The first-order valence-electron chi connectivity index (χ1n) is 6.25. The maximum atomic E-state index is 12.4. The number of carbonyl (C=O) groups is 2. The third-order valence-corrected chi connectivity index (χ3v) is 4.83. The summed E-state index contributed by atoms with van der Waals surface area (Å²) in [5, 5.41) is 9.21. The summed E-state index contributed by atoms with van der Waals surface area (Å²) in [4.78, 5) is 24.8. The molecule has 21 heavy (non-hydrogen) atoms. The van der Waals surface area contributed by atoms with Crippen molar-refractivity contribution in [3.8, 4) is 0 Å². The van der Waals surface area contributed by atoms with Crippen LogP contribution >= 0.6 is 11.6 Å². The van der Waals surface area contributed by atoms with Gasteiger partial charge in [-0.15, -0.1) is 0 Å². The lowest BCUT2D eigenvalue weighted by Gasteiger charge is -2.22. The van der Waals surface area contributed by atoms with Gasteiger partial charge in [-0.25, -0.2) is 13.2 Å². The monoisotopic (exact) mass is 331 g/mol. The van der Waals surface area contributed by atoms with Gasteiger partial charge in [-0.1, -0.05) is 11.6 Å². The van der Waals surface area contributed by atoms with Crippen LogP contribution < -0.4 is 0 Å². The highest BCUT2D eigenvalue weighted by molar-refractivity contribution is 7.90. The van der Waals surface area contributed by atoms with Gasteiger partial charge in [0.1, 0.15) is 6.04 Å². The molecule has 1 saturated heterocycles. The number of amides is 1. The normalized spacial score (nSPS) is 18.8. The number of rotatable bonds is 3. The molecule has 1 N–H and O–H groups in total. The Bertz CT molecular complexity index is 701. The van der Waals surface area contributed by atoms with Gasteiger partial charge in [-0.05, 0) is 31.0 Å². The van der Waals surface area contributed by atoms with Crippen LogP contribution in [0.15, 0.2) is 23.1 Å². The molecule has 1 aliphatic heterocycles. The van der Waals surface area contributed by atoms with Crippen molar-refractivity contribution in [1.29, 1.82) is 0 Å². The number of nitrogens with zero attached hydrogens (tertiary/aromatic N) is 1. The van der Waals surface area contributed by atoms with Crippen molar-refractivity contribution in [2.45, 2.75) is 23.8 Å². The third kappa shape index (κ3) is 3.19. The van der Waals surface area contributed by atoms with Gasteiger partial charge in [0.15, 0.2) is 9.84 Å². The summed E-state index contributed by atoms with van der Waals surface area (Å²) in [6, 6.07) is 2.94. The second-order valence-corrected chi connectivity index (χ2v) is 7.33. The minimum Gasteiger partial charge on any atom is -0.480 e. The van der Waals surface area contributed by atoms with E-state index >= 15 is 0 Å². The highest BCUT2D eigenvalue weighted by Gasteiger charge is 2.35. The summed E-state index contributed by atoms with van der Waals surface area (Å²) in [5.41, 5.74) is 0.00717. The number of carbonyl (C=O) groups excluding carboxylic acids is 1. The zero-order valence-electron chi connectivity index (χ0n) is 11.2. The maximum Gasteiger partial charge on any atom is 0.326 e. The van der Waals surface area contributed by atoms with Gasteiger partial charge >= 0.3 is 5.97 Å². The van der Waals surface area contributed by atoms with Crippen LogP contribution in [0.3, 0.4) is 0 Å². The lowest BCUT2D eigenvalue weighted by atomic mass is 10.1. The number of likely N-dealkylation sites (tertiary alicyclic amines) is 1. The van der Waals surface area contributed by atoms with Crippen LogP contribution in [0.5, 0.6) is 0 Å². The number of aliphatic carboxylic acids is 1. The Balaban J connectivity index is 2.41. The highest BCUT2D eigenvalue weighted by Crippen LogP contribution is 2.26. The number of sulfone groups is 1. The van der Waals surface area contributed by atoms with E-state index in [0.717, 1.165) is 6.26 Å². The third-order valence-electron chi connectivity index (χ3n) is 3.40. The molecule has 0 radical (unpaired) electrons. The van der Waals surface area contributed by atoms with Crippen molar-refractivity contribution in [3.63, 3.8) is 0 Å². The van der Waals surface area contributed by atoms with E-state index in [1.54, 1.807) is 0 Å². The van der Waals surface area contributed by atoms with Gasteiger partial charge in [-0.2, -0.15) is 0 Å². The van der Waals surface area contributed by atoms with E-state index < -0.39 is 27.8 Å². The number of carboxylic acids is 1. The molecular weight excluding hydrogens is 318 g/mol. The van der Waals surface area contributed by atoms with Gasteiger partial charge in [-0.3, -0.25) is 4.79 Å². The minimum absolute atomic E-state index is 0.00717. The summed E-state index contributed by atoms with van der Waals surface area (Å²) in [5.74, 6) is -1.63. The van der Waals surface area contributed by atoms with E-state index in [9.17, 15) is 18.0 Å². The molecule has 0 unspecified atom stereocenters. The van der Waals surface area contributed by atoms with Crippen molar-refractivity contribution >= 4 is 33.3 Å². The average molecular weight is 332 g/mol. The molecule has 8 heteroatoms. The van der Waals surface area contributed by atoms with Gasteiger partial charge in [0.25, 0.3) is 5.91 Å². The Morgan fingerprint density at radius 3 is 2.62 bits per heavy atom. The van der Waals surface area contributed by atoms with Crippen molar-refractivity contribution in [2.24, 2.45) is 0 Å². The molecule has 0 spiro atoms. The number of benzene rings is 1. The fraction of sp³-hybridized carbons (Fsp3) is 0.385. The van der Waals surface area contributed by atoms with Crippen molar-refractivity contribution in [2.75, 3.05) is 12.8 Å². The molecule has 1 amide bonds. The highest BCUT2D eigenvalue weighted by atomic mass is 35.5. The van der Waals surface area contributed by atoms with Crippen LogP contribution in [0.25, 0.3) is 0 Å². The first kappa shape index (κ1) is 15.8. The summed E-state index contributed by atoms with van der Waals surface area (Å²) >= 11 is 5.96. The van der Waals surface area contributed by atoms with Crippen LogP contribution in [0.1, 0.15) is 23.2 Å². The van der Waals surface area contributed by atoms with Crippen LogP contribution in [-0.2, 0) is 14.6 Å². The van der Waals surface area contributed by atoms with E-state index in [-0.39, 0.29) is 15.5 Å². The zero-order valence-corrected chi connectivity index (χ0v) is 12.8. The first-order valence-corrected chi connectivity index (χ1v) is 8.52. The molecule has 1 fully saturated rings. The lowest BCUT2D eigenvalue weighted by Crippen LogP contribution is -2.40. The second kappa shape index (κ2) is 5.65. The molecule has 1 aromatic carbocycles. The first-order chi connectivity index (χ1) is 9.71. The molecule has 114 valence electrons. The van der Waals surface area contributed by atoms with E-state index in [2.05, 4.69) is 0 Å².